The molecule has 0 saturated carbocycles. The van der Waals surface area contributed by atoms with Crippen molar-refractivity contribution in [3.63, 3.8) is 0 Å². The van der Waals surface area contributed by atoms with Gasteiger partial charge in [0.25, 0.3) is 0 Å². The zero-order valence-electron chi connectivity index (χ0n) is 10.9. The van der Waals surface area contributed by atoms with Crippen molar-refractivity contribution in [1.82, 2.24) is 5.32 Å². The molecule has 2 heteroatoms. The lowest BCUT2D eigenvalue weighted by Crippen LogP contribution is -2.29. The second-order valence-electron chi connectivity index (χ2n) is 4.99. The summed E-state index contributed by atoms with van der Waals surface area (Å²) in [5, 5.41) is 3.59. The molecule has 0 amide bonds. The Morgan fingerprint density at radius 1 is 1.41 bits per heavy atom. The van der Waals surface area contributed by atoms with Crippen LogP contribution in [0.5, 0.6) is 5.75 Å². The van der Waals surface area contributed by atoms with Gasteiger partial charge in [0.2, 0.25) is 0 Å². The molecule has 1 aromatic rings. The molecule has 0 aliphatic carbocycles. The van der Waals surface area contributed by atoms with E-state index < -0.39 is 0 Å². The van der Waals surface area contributed by atoms with Gasteiger partial charge in [0.15, 0.2) is 0 Å². The van der Waals surface area contributed by atoms with Crippen LogP contribution in [0, 0.1) is 0 Å². The molecule has 1 aromatic carbocycles. The molecule has 2 rings (SSSR count). The monoisotopic (exact) mass is 233 g/mol. The van der Waals surface area contributed by atoms with Crippen LogP contribution in [-0.2, 0) is 0 Å². The third kappa shape index (κ3) is 3.22. The van der Waals surface area contributed by atoms with Gasteiger partial charge in [-0.05, 0) is 32.4 Å². The van der Waals surface area contributed by atoms with Crippen LogP contribution in [0.2, 0.25) is 0 Å². The van der Waals surface area contributed by atoms with Gasteiger partial charge in [-0.3, -0.25) is 0 Å². The minimum atomic E-state index is 0.565. The molecule has 1 heterocycles. The number of nitrogens with one attached hydrogen (secondary N) is 1. The average Bonchev–Trinajstić information content (AvgIpc) is 2.73. The van der Waals surface area contributed by atoms with Crippen molar-refractivity contribution >= 4 is 0 Å². The van der Waals surface area contributed by atoms with Crippen molar-refractivity contribution in [3.8, 4) is 5.75 Å². The zero-order valence-corrected chi connectivity index (χ0v) is 10.9. The second-order valence-corrected chi connectivity index (χ2v) is 4.99. The third-order valence-electron chi connectivity index (χ3n) is 3.46. The molecule has 0 radical (unpaired) electrons. The van der Waals surface area contributed by atoms with Crippen LogP contribution in [-0.4, -0.2) is 19.2 Å². The normalized spacial score (nSPS) is 19.8. The van der Waals surface area contributed by atoms with Crippen molar-refractivity contribution < 1.29 is 4.74 Å². The number of rotatable bonds is 6. The smallest absolute Gasteiger partial charge is 0.122 e. The highest BCUT2D eigenvalue weighted by molar-refractivity contribution is 5.39. The lowest BCUT2D eigenvalue weighted by atomic mass is 9.94. The van der Waals surface area contributed by atoms with Crippen molar-refractivity contribution in [3.05, 3.63) is 29.8 Å². The van der Waals surface area contributed by atoms with Gasteiger partial charge in [-0.15, -0.1) is 0 Å². The molecule has 1 N–H and O–H groups in total. The summed E-state index contributed by atoms with van der Waals surface area (Å²) in [6.45, 7) is 6.48. The Kier molecular flexibility index (Phi) is 4.43. The Morgan fingerprint density at radius 2 is 2.24 bits per heavy atom. The lowest BCUT2D eigenvalue weighted by Gasteiger charge is -2.17. The van der Waals surface area contributed by atoms with Gasteiger partial charge in [-0.25, -0.2) is 0 Å². The highest BCUT2D eigenvalue weighted by Gasteiger charge is 2.24. The van der Waals surface area contributed by atoms with Crippen LogP contribution in [0.1, 0.15) is 44.6 Å². The van der Waals surface area contributed by atoms with Gasteiger partial charge in [0, 0.05) is 17.5 Å². The molecule has 1 aliphatic heterocycles. The summed E-state index contributed by atoms with van der Waals surface area (Å²) >= 11 is 0. The first-order valence-electron chi connectivity index (χ1n) is 6.76. The maximum atomic E-state index is 5.71. The first-order chi connectivity index (χ1) is 8.31. The molecule has 94 valence electrons. The van der Waals surface area contributed by atoms with Gasteiger partial charge in [0.05, 0.1) is 6.61 Å². The van der Waals surface area contributed by atoms with E-state index in [2.05, 4.69) is 37.4 Å². The molecule has 0 spiro atoms. The third-order valence-corrected chi connectivity index (χ3v) is 3.46. The van der Waals surface area contributed by atoms with Gasteiger partial charge < -0.3 is 10.1 Å². The molecule has 0 saturated heterocycles. The summed E-state index contributed by atoms with van der Waals surface area (Å²) in [5.74, 6) is 1.65. The van der Waals surface area contributed by atoms with E-state index in [1.807, 2.05) is 6.07 Å². The fourth-order valence-electron chi connectivity index (χ4n) is 2.46. The van der Waals surface area contributed by atoms with Crippen LogP contribution in [0.25, 0.3) is 0 Å². The van der Waals surface area contributed by atoms with Gasteiger partial charge in [-0.2, -0.15) is 0 Å². The second kappa shape index (κ2) is 6.06. The van der Waals surface area contributed by atoms with Crippen molar-refractivity contribution in [2.45, 2.75) is 45.1 Å². The maximum Gasteiger partial charge on any atom is 0.122 e. The van der Waals surface area contributed by atoms with E-state index in [9.17, 15) is 0 Å². The standard InChI is InChI=1S/C15H23NO/c1-3-4-9-16-12(2)10-13-11-17-15-8-6-5-7-14(13)15/h5-8,12-13,16H,3-4,9-11H2,1-2H3. The first-order valence-corrected chi connectivity index (χ1v) is 6.76. The summed E-state index contributed by atoms with van der Waals surface area (Å²) in [4.78, 5) is 0. The van der Waals surface area contributed by atoms with E-state index in [1.54, 1.807) is 0 Å². The number of unbranched alkanes of at least 4 members (excludes halogenated alkanes) is 1. The van der Waals surface area contributed by atoms with Gasteiger partial charge >= 0.3 is 0 Å². The highest BCUT2D eigenvalue weighted by Crippen LogP contribution is 2.35. The molecule has 0 bridgehead atoms. The largest absolute Gasteiger partial charge is 0.493 e. The molecule has 2 unspecified atom stereocenters. The number of hydrogen-bond donors (Lipinski definition) is 1. The van der Waals surface area contributed by atoms with Crippen molar-refractivity contribution in [2.75, 3.05) is 13.2 Å². The van der Waals surface area contributed by atoms with E-state index in [4.69, 9.17) is 4.74 Å². The first kappa shape index (κ1) is 12.4. The van der Waals surface area contributed by atoms with E-state index in [0.717, 1.165) is 18.9 Å². The molecule has 1 aliphatic rings. The summed E-state index contributed by atoms with van der Waals surface area (Å²) in [6.07, 6.45) is 3.69. The van der Waals surface area contributed by atoms with Crippen LogP contribution >= 0.6 is 0 Å². The summed E-state index contributed by atoms with van der Waals surface area (Å²) in [6, 6.07) is 9.00. The molecule has 2 nitrogen and oxygen atoms in total. The Hall–Kier alpha value is -1.02. The topological polar surface area (TPSA) is 21.3 Å². The van der Waals surface area contributed by atoms with E-state index >= 15 is 0 Å². The van der Waals surface area contributed by atoms with Gasteiger partial charge in [0.1, 0.15) is 5.75 Å². The quantitative estimate of drug-likeness (QED) is 0.761. The fraction of sp³-hybridized carbons (Fsp3) is 0.600. The molecule has 0 aromatic heterocycles. The average molecular weight is 233 g/mol. The van der Waals surface area contributed by atoms with Gasteiger partial charge in [-0.1, -0.05) is 31.5 Å². The maximum absolute atomic E-state index is 5.71. The Labute approximate surface area is 104 Å². The summed E-state index contributed by atoms with van der Waals surface area (Å²) in [7, 11) is 0. The molecule has 0 fully saturated rings. The number of ether oxygens (including phenoxy) is 1. The summed E-state index contributed by atoms with van der Waals surface area (Å²) in [5.41, 5.74) is 1.39. The lowest BCUT2D eigenvalue weighted by molar-refractivity contribution is 0.313. The van der Waals surface area contributed by atoms with Crippen LogP contribution in [0.4, 0.5) is 0 Å². The predicted molar refractivity (Wildman–Crippen MR) is 71.7 cm³/mol. The number of fused-ring (bicyclic) bond motifs is 1. The molecule has 17 heavy (non-hydrogen) atoms. The van der Waals surface area contributed by atoms with E-state index in [0.29, 0.717) is 12.0 Å². The van der Waals surface area contributed by atoms with Crippen LogP contribution in [0.3, 0.4) is 0 Å². The molecule has 2 atom stereocenters. The highest BCUT2D eigenvalue weighted by atomic mass is 16.5. The Bertz CT molecular complexity index is 351. The number of benzene rings is 1. The van der Waals surface area contributed by atoms with E-state index in [1.165, 1.54) is 24.8 Å². The number of hydrogen-bond acceptors (Lipinski definition) is 2. The molecular weight excluding hydrogens is 210 g/mol. The Balaban J connectivity index is 1.84. The summed E-state index contributed by atoms with van der Waals surface area (Å²) < 4.78 is 5.71. The van der Waals surface area contributed by atoms with Crippen molar-refractivity contribution in [1.29, 1.82) is 0 Å². The van der Waals surface area contributed by atoms with Crippen LogP contribution < -0.4 is 10.1 Å². The SMILES string of the molecule is CCCCNC(C)CC1COc2ccccc21. The van der Waals surface area contributed by atoms with Crippen molar-refractivity contribution in [2.24, 2.45) is 0 Å². The zero-order chi connectivity index (χ0) is 12.1. The van der Waals surface area contributed by atoms with Crippen LogP contribution in [0.15, 0.2) is 24.3 Å². The van der Waals surface area contributed by atoms with E-state index in [-0.39, 0.29) is 0 Å². The fourth-order valence-corrected chi connectivity index (χ4v) is 2.46. The number of para-hydroxylation sites is 1. The molecular formula is C15H23NO. The minimum absolute atomic E-state index is 0.565. The Morgan fingerprint density at radius 3 is 3.06 bits per heavy atom. The predicted octanol–water partition coefficient (Wildman–Crippen LogP) is 3.33. The minimum Gasteiger partial charge on any atom is -0.493 e.